The minimum atomic E-state index is -2.15. The number of halogens is 1. The normalized spacial score (nSPS) is 13.8. The molecule has 0 N–H and O–H groups in total. The van der Waals surface area contributed by atoms with E-state index in [2.05, 4.69) is 4.74 Å². The fourth-order valence-electron chi connectivity index (χ4n) is 0.519. The average molecular weight is 176 g/mol. The van der Waals surface area contributed by atoms with E-state index in [1.165, 1.54) is 0 Å². The number of esters is 1. The van der Waals surface area contributed by atoms with Crippen LogP contribution in [0.25, 0.3) is 0 Å². The molecule has 12 heavy (non-hydrogen) atoms. The van der Waals surface area contributed by atoms with Crippen molar-refractivity contribution in [2.24, 2.45) is 0 Å². The largest absolute Gasteiger partial charge is 0.457 e. The number of ether oxygens (including phenoxy) is 1. The lowest BCUT2D eigenvalue weighted by Crippen LogP contribution is -2.33. The van der Waals surface area contributed by atoms with Gasteiger partial charge in [-0.05, 0) is 27.7 Å². The Morgan fingerprint density at radius 3 is 2.00 bits per heavy atom. The SMILES string of the molecule is CC(=O)C(F)C(=O)OC(C)(C)C. The molecule has 0 aliphatic carbocycles. The van der Waals surface area contributed by atoms with Gasteiger partial charge in [-0.25, -0.2) is 9.18 Å². The zero-order chi connectivity index (χ0) is 9.94. The van der Waals surface area contributed by atoms with Gasteiger partial charge in [0, 0.05) is 0 Å². The monoisotopic (exact) mass is 176 g/mol. The van der Waals surface area contributed by atoms with Crippen molar-refractivity contribution in [3.63, 3.8) is 0 Å². The van der Waals surface area contributed by atoms with Crippen LogP contribution in [-0.4, -0.2) is 23.5 Å². The highest BCUT2D eigenvalue weighted by Gasteiger charge is 2.27. The fraction of sp³-hybridized carbons (Fsp3) is 0.750. The maximum atomic E-state index is 12.6. The van der Waals surface area contributed by atoms with Crippen LogP contribution in [0.4, 0.5) is 4.39 Å². The Bertz CT molecular complexity index is 193. The molecule has 0 radical (unpaired) electrons. The van der Waals surface area contributed by atoms with Crippen LogP contribution in [0.2, 0.25) is 0 Å². The zero-order valence-corrected chi connectivity index (χ0v) is 7.68. The van der Waals surface area contributed by atoms with Crippen molar-refractivity contribution in [3.8, 4) is 0 Å². The Balaban J connectivity index is 4.15. The molecule has 0 heterocycles. The fourth-order valence-corrected chi connectivity index (χ4v) is 0.519. The third-order valence-electron chi connectivity index (χ3n) is 0.971. The number of hydrogen-bond donors (Lipinski definition) is 0. The summed E-state index contributed by atoms with van der Waals surface area (Å²) in [6, 6.07) is 0. The van der Waals surface area contributed by atoms with Crippen molar-refractivity contribution in [2.75, 3.05) is 0 Å². The highest BCUT2D eigenvalue weighted by atomic mass is 19.1. The number of ketones is 1. The first-order chi connectivity index (χ1) is 5.24. The number of alkyl halides is 1. The minimum Gasteiger partial charge on any atom is -0.457 e. The Morgan fingerprint density at radius 1 is 1.33 bits per heavy atom. The molecule has 1 atom stereocenters. The molecule has 0 aliphatic heterocycles. The number of hydrogen-bond acceptors (Lipinski definition) is 3. The predicted molar refractivity (Wildman–Crippen MR) is 41.4 cm³/mol. The van der Waals surface area contributed by atoms with Crippen LogP contribution in [-0.2, 0) is 14.3 Å². The molecule has 1 unspecified atom stereocenters. The maximum absolute atomic E-state index is 12.6. The highest BCUT2D eigenvalue weighted by Crippen LogP contribution is 2.09. The third-order valence-corrected chi connectivity index (χ3v) is 0.971. The van der Waals surface area contributed by atoms with Gasteiger partial charge in [-0.1, -0.05) is 0 Å². The smallest absolute Gasteiger partial charge is 0.349 e. The lowest BCUT2D eigenvalue weighted by atomic mass is 10.2. The standard InChI is InChI=1S/C8H13FO3/c1-5(10)6(9)7(11)12-8(2,3)4/h6H,1-4H3. The van der Waals surface area contributed by atoms with Crippen LogP contribution in [0.1, 0.15) is 27.7 Å². The molecule has 0 bridgehead atoms. The Hall–Kier alpha value is -0.930. The van der Waals surface area contributed by atoms with Crippen molar-refractivity contribution in [1.29, 1.82) is 0 Å². The summed E-state index contributed by atoms with van der Waals surface area (Å²) in [7, 11) is 0. The Morgan fingerprint density at radius 2 is 1.75 bits per heavy atom. The minimum absolute atomic E-state index is 0.753. The lowest BCUT2D eigenvalue weighted by Gasteiger charge is -2.19. The summed E-state index contributed by atoms with van der Waals surface area (Å²) in [5.41, 5.74) is -0.753. The van der Waals surface area contributed by atoms with Crippen LogP contribution >= 0.6 is 0 Å². The van der Waals surface area contributed by atoms with E-state index in [-0.39, 0.29) is 0 Å². The van der Waals surface area contributed by atoms with Crippen molar-refractivity contribution < 1.29 is 18.7 Å². The molecule has 0 rings (SSSR count). The molecule has 0 spiro atoms. The summed E-state index contributed by atoms with van der Waals surface area (Å²) in [6.45, 7) is 5.84. The summed E-state index contributed by atoms with van der Waals surface area (Å²) in [5.74, 6) is -1.95. The van der Waals surface area contributed by atoms with Crippen LogP contribution in [0.15, 0.2) is 0 Å². The predicted octanol–water partition coefficient (Wildman–Crippen LogP) is 1.26. The van der Waals surface area contributed by atoms with Gasteiger partial charge in [0.25, 0.3) is 6.17 Å². The van der Waals surface area contributed by atoms with Gasteiger partial charge in [-0.15, -0.1) is 0 Å². The van der Waals surface area contributed by atoms with Crippen molar-refractivity contribution in [3.05, 3.63) is 0 Å². The van der Waals surface area contributed by atoms with E-state index in [9.17, 15) is 14.0 Å². The maximum Gasteiger partial charge on any atom is 0.349 e. The van der Waals surface area contributed by atoms with E-state index in [4.69, 9.17) is 0 Å². The number of rotatable bonds is 2. The molecule has 0 saturated carbocycles. The van der Waals surface area contributed by atoms with Gasteiger partial charge in [0.2, 0.25) is 0 Å². The quantitative estimate of drug-likeness (QED) is 0.470. The van der Waals surface area contributed by atoms with Crippen molar-refractivity contribution >= 4 is 11.8 Å². The van der Waals surface area contributed by atoms with E-state index in [1.54, 1.807) is 20.8 Å². The van der Waals surface area contributed by atoms with Gasteiger partial charge in [0.15, 0.2) is 5.78 Å². The van der Waals surface area contributed by atoms with Crippen LogP contribution < -0.4 is 0 Å². The molecule has 0 fully saturated rings. The van der Waals surface area contributed by atoms with Gasteiger partial charge in [-0.3, -0.25) is 4.79 Å². The van der Waals surface area contributed by atoms with Crippen LogP contribution in [0.3, 0.4) is 0 Å². The lowest BCUT2D eigenvalue weighted by molar-refractivity contribution is -0.162. The van der Waals surface area contributed by atoms with E-state index in [0.717, 1.165) is 6.92 Å². The highest BCUT2D eigenvalue weighted by molar-refractivity contribution is 6.00. The van der Waals surface area contributed by atoms with Crippen LogP contribution in [0, 0.1) is 0 Å². The summed E-state index contributed by atoms with van der Waals surface area (Å²) in [5, 5.41) is 0. The first kappa shape index (κ1) is 11.1. The van der Waals surface area contributed by atoms with E-state index in [1.807, 2.05) is 0 Å². The molecular weight excluding hydrogens is 163 g/mol. The summed E-state index contributed by atoms with van der Waals surface area (Å²) in [6.07, 6.45) is -2.15. The van der Waals surface area contributed by atoms with Crippen LogP contribution in [0.5, 0.6) is 0 Å². The number of Topliss-reactive ketones (excluding diaryl/α,β-unsaturated/α-hetero) is 1. The molecule has 3 nitrogen and oxygen atoms in total. The molecule has 0 aromatic rings. The number of carbonyl (C=O) groups excluding carboxylic acids is 2. The van der Waals surface area contributed by atoms with Crippen molar-refractivity contribution in [2.45, 2.75) is 39.5 Å². The first-order valence-electron chi connectivity index (χ1n) is 3.61. The second-order valence-corrected chi connectivity index (χ2v) is 3.51. The molecule has 0 aromatic carbocycles. The molecule has 0 aromatic heterocycles. The molecule has 0 saturated heterocycles. The summed E-state index contributed by atoms with van der Waals surface area (Å²) in [4.78, 5) is 21.2. The van der Waals surface area contributed by atoms with E-state index in [0.29, 0.717) is 0 Å². The summed E-state index contributed by atoms with van der Waals surface area (Å²) >= 11 is 0. The molecule has 70 valence electrons. The average Bonchev–Trinajstić information content (AvgIpc) is 1.82. The van der Waals surface area contributed by atoms with E-state index < -0.39 is 23.5 Å². The molecule has 0 amide bonds. The Kier molecular flexibility index (Phi) is 3.36. The molecular formula is C8H13FO3. The zero-order valence-electron chi connectivity index (χ0n) is 7.68. The number of carbonyl (C=O) groups is 2. The molecule has 4 heteroatoms. The van der Waals surface area contributed by atoms with Gasteiger partial charge >= 0.3 is 5.97 Å². The van der Waals surface area contributed by atoms with Crippen molar-refractivity contribution in [1.82, 2.24) is 0 Å². The summed E-state index contributed by atoms with van der Waals surface area (Å²) < 4.78 is 17.3. The first-order valence-corrected chi connectivity index (χ1v) is 3.61. The Labute approximate surface area is 70.9 Å². The van der Waals surface area contributed by atoms with Gasteiger partial charge in [0.05, 0.1) is 0 Å². The second kappa shape index (κ2) is 3.65. The molecule has 0 aliphatic rings. The van der Waals surface area contributed by atoms with E-state index >= 15 is 0 Å². The van der Waals surface area contributed by atoms with Gasteiger partial charge in [0.1, 0.15) is 5.60 Å². The second-order valence-electron chi connectivity index (χ2n) is 3.51. The van der Waals surface area contributed by atoms with Gasteiger partial charge < -0.3 is 4.74 Å². The van der Waals surface area contributed by atoms with Gasteiger partial charge in [-0.2, -0.15) is 0 Å². The topological polar surface area (TPSA) is 43.4 Å². The third kappa shape index (κ3) is 4.05.